The summed E-state index contributed by atoms with van der Waals surface area (Å²) in [6.45, 7) is 4.55. The predicted octanol–water partition coefficient (Wildman–Crippen LogP) is 3.25. The zero-order valence-electron chi connectivity index (χ0n) is 8.37. The van der Waals surface area contributed by atoms with Gasteiger partial charge in [0.25, 0.3) is 0 Å². The van der Waals surface area contributed by atoms with Crippen LogP contribution in [0.25, 0.3) is 0 Å². The van der Waals surface area contributed by atoms with Gasteiger partial charge < -0.3 is 9.84 Å². The van der Waals surface area contributed by atoms with E-state index in [1.54, 1.807) is 6.07 Å². The first-order valence-corrected chi connectivity index (χ1v) is 5.93. The van der Waals surface area contributed by atoms with Gasteiger partial charge in [0.15, 0.2) is 0 Å². The Labute approximate surface area is 93.5 Å². The highest BCUT2D eigenvalue weighted by molar-refractivity contribution is 7.16. The summed E-state index contributed by atoms with van der Waals surface area (Å²) in [5.74, 6) is 0. The van der Waals surface area contributed by atoms with Gasteiger partial charge in [0.05, 0.1) is 10.4 Å². The molecule has 0 aliphatic rings. The topological polar surface area (TPSA) is 29.5 Å². The van der Waals surface area contributed by atoms with Crippen LogP contribution < -0.4 is 0 Å². The molecule has 0 spiro atoms. The highest BCUT2D eigenvalue weighted by atomic mass is 35.5. The van der Waals surface area contributed by atoms with Crippen molar-refractivity contribution in [1.29, 1.82) is 0 Å². The van der Waals surface area contributed by atoms with Crippen LogP contribution in [0.4, 0.5) is 0 Å². The Balaban J connectivity index is 2.66. The molecule has 0 fully saturated rings. The van der Waals surface area contributed by atoms with E-state index in [0.29, 0.717) is 10.9 Å². The quantitative estimate of drug-likeness (QED) is 0.848. The van der Waals surface area contributed by atoms with Crippen LogP contribution in [0.2, 0.25) is 4.34 Å². The van der Waals surface area contributed by atoms with Crippen molar-refractivity contribution in [3.63, 3.8) is 0 Å². The second kappa shape index (κ2) is 5.71. The molecule has 0 aromatic carbocycles. The van der Waals surface area contributed by atoms with Crippen LogP contribution in [0.3, 0.4) is 0 Å². The van der Waals surface area contributed by atoms with Crippen LogP contribution in [0.5, 0.6) is 0 Å². The first-order chi connectivity index (χ1) is 6.69. The van der Waals surface area contributed by atoms with Crippen LogP contribution in [0.1, 0.15) is 31.2 Å². The Bertz CT molecular complexity index is 275. The van der Waals surface area contributed by atoms with Gasteiger partial charge in [-0.3, -0.25) is 0 Å². The van der Waals surface area contributed by atoms with E-state index in [-0.39, 0.29) is 6.10 Å². The molecule has 1 aromatic rings. The molecule has 1 aromatic heterocycles. The largest absolute Gasteiger partial charge is 0.385 e. The summed E-state index contributed by atoms with van der Waals surface area (Å²) >= 11 is 7.20. The summed E-state index contributed by atoms with van der Waals surface area (Å²) in [4.78, 5) is 0.871. The molecular formula is C10H15ClO2S. The molecule has 0 saturated carbocycles. The van der Waals surface area contributed by atoms with Crippen LogP contribution in [-0.2, 0) is 4.74 Å². The molecule has 0 amide bonds. The lowest BCUT2D eigenvalue weighted by Crippen LogP contribution is -2.20. The third-order valence-electron chi connectivity index (χ3n) is 2.02. The Morgan fingerprint density at radius 2 is 2.21 bits per heavy atom. The number of aliphatic hydroxyl groups is 1. The van der Waals surface area contributed by atoms with E-state index in [9.17, 15) is 5.11 Å². The Morgan fingerprint density at radius 1 is 1.50 bits per heavy atom. The Kier molecular flexibility index (Phi) is 4.89. The minimum atomic E-state index is -0.558. The minimum absolute atomic E-state index is 0.130. The molecular weight excluding hydrogens is 220 g/mol. The smallest absolute Gasteiger partial charge is 0.114 e. The molecule has 0 saturated heterocycles. The molecule has 1 N–H and O–H groups in total. The maximum atomic E-state index is 9.95. The Hall–Kier alpha value is -0.0900. The molecule has 1 heterocycles. The first-order valence-electron chi connectivity index (χ1n) is 4.73. The standard InChI is InChI=1S/C10H15ClO2S/c1-3-7(13-4-2)10(12)8-5-6-9(11)14-8/h5-7,10,12H,3-4H2,1-2H3. The molecule has 0 radical (unpaired) electrons. The number of ether oxygens (including phenoxy) is 1. The second-order valence-corrected chi connectivity index (χ2v) is 4.74. The molecule has 2 unspecified atom stereocenters. The predicted molar refractivity (Wildman–Crippen MR) is 60.0 cm³/mol. The van der Waals surface area contributed by atoms with Crippen molar-refractivity contribution in [3.05, 3.63) is 21.3 Å². The van der Waals surface area contributed by atoms with Crippen molar-refractivity contribution >= 4 is 22.9 Å². The summed E-state index contributed by atoms with van der Waals surface area (Å²) in [5, 5.41) is 9.95. The molecule has 1 rings (SSSR count). The van der Waals surface area contributed by atoms with Crippen LogP contribution in [0, 0.1) is 0 Å². The lowest BCUT2D eigenvalue weighted by molar-refractivity contribution is -0.0340. The normalized spacial score (nSPS) is 15.4. The number of hydrogen-bond acceptors (Lipinski definition) is 3. The average Bonchev–Trinajstić information content (AvgIpc) is 2.60. The van der Waals surface area contributed by atoms with E-state index in [1.165, 1.54) is 11.3 Å². The van der Waals surface area contributed by atoms with Crippen LogP contribution >= 0.6 is 22.9 Å². The molecule has 4 heteroatoms. The van der Waals surface area contributed by atoms with E-state index in [2.05, 4.69) is 0 Å². The summed E-state index contributed by atoms with van der Waals surface area (Å²) in [6.07, 6.45) is 0.108. The number of hydrogen-bond donors (Lipinski definition) is 1. The first kappa shape index (κ1) is 12.0. The number of aliphatic hydroxyl groups excluding tert-OH is 1. The SMILES string of the molecule is CCOC(CC)C(O)c1ccc(Cl)s1. The van der Waals surface area contributed by atoms with Crippen LogP contribution in [0.15, 0.2) is 12.1 Å². The number of rotatable bonds is 5. The molecule has 0 aliphatic heterocycles. The molecule has 2 nitrogen and oxygen atoms in total. The number of halogens is 1. The maximum Gasteiger partial charge on any atom is 0.114 e. The summed E-state index contributed by atoms with van der Waals surface area (Å²) in [5.41, 5.74) is 0. The average molecular weight is 235 g/mol. The van der Waals surface area contributed by atoms with Gasteiger partial charge in [0.1, 0.15) is 6.10 Å². The fourth-order valence-corrected chi connectivity index (χ4v) is 2.42. The Morgan fingerprint density at radius 3 is 2.64 bits per heavy atom. The molecule has 0 aliphatic carbocycles. The number of thiophene rings is 1. The van der Waals surface area contributed by atoms with Crippen molar-refractivity contribution in [3.8, 4) is 0 Å². The van der Waals surface area contributed by atoms with Crippen molar-refractivity contribution in [2.45, 2.75) is 32.5 Å². The van der Waals surface area contributed by atoms with Crippen molar-refractivity contribution in [2.24, 2.45) is 0 Å². The van der Waals surface area contributed by atoms with E-state index in [1.807, 2.05) is 19.9 Å². The van der Waals surface area contributed by atoms with Gasteiger partial charge in [-0.2, -0.15) is 0 Å². The highest BCUT2D eigenvalue weighted by Crippen LogP contribution is 2.30. The lowest BCUT2D eigenvalue weighted by Gasteiger charge is -2.20. The minimum Gasteiger partial charge on any atom is -0.385 e. The molecule has 0 bridgehead atoms. The molecule has 14 heavy (non-hydrogen) atoms. The van der Waals surface area contributed by atoms with Gasteiger partial charge in [-0.1, -0.05) is 18.5 Å². The summed E-state index contributed by atoms with van der Waals surface area (Å²) in [6, 6.07) is 3.64. The maximum absolute atomic E-state index is 9.95. The fraction of sp³-hybridized carbons (Fsp3) is 0.600. The molecule has 2 atom stereocenters. The zero-order chi connectivity index (χ0) is 10.6. The fourth-order valence-electron chi connectivity index (χ4n) is 1.32. The third kappa shape index (κ3) is 2.95. The van der Waals surface area contributed by atoms with E-state index in [0.717, 1.165) is 11.3 Å². The van der Waals surface area contributed by atoms with Gasteiger partial charge in [-0.25, -0.2) is 0 Å². The van der Waals surface area contributed by atoms with Crippen LogP contribution in [-0.4, -0.2) is 17.8 Å². The monoisotopic (exact) mass is 234 g/mol. The molecule has 80 valence electrons. The van der Waals surface area contributed by atoms with E-state index < -0.39 is 6.10 Å². The second-order valence-electron chi connectivity index (χ2n) is 2.99. The van der Waals surface area contributed by atoms with E-state index >= 15 is 0 Å². The van der Waals surface area contributed by atoms with Crippen molar-refractivity contribution in [2.75, 3.05) is 6.61 Å². The van der Waals surface area contributed by atoms with Gasteiger partial charge in [-0.15, -0.1) is 11.3 Å². The third-order valence-corrected chi connectivity index (χ3v) is 3.32. The summed E-state index contributed by atoms with van der Waals surface area (Å²) < 4.78 is 6.13. The van der Waals surface area contributed by atoms with Crippen molar-refractivity contribution < 1.29 is 9.84 Å². The van der Waals surface area contributed by atoms with Crippen molar-refractivity contribution in [1.82, 2.24) is 0 Å². The van der Waals surface area contributed by atoms with E-state index in [4.69, 9.17) is 16.3 Å². The summed E-state index contributed by atoms with van der Waals surface area (Å²) in [7, 11) is 0. The van der Waals surface area contributed by atoms with Gasteiger partial charge in [0.2, 0.25) is 0 Å². The van der Waals surface area contributed by atoms with Gasteiger partial charge in [0, 0.05) is 11.5 Å². The van der Waals surface area contributed by atoms with Gasteiger partial charge in [-0.05, 0) is 25.5 Å². The highest BCUT2D eigenvalue weighted by Gasteiger charge is 2.20. The zero-order valence-corrected chi connectivity index (χ0v) is 9.94. The lowest BCUT2D eigenvalue weighted by atomic mass is 10.1. The van der Waals surface area contributed by atoms with Gasteiger partial charge >= 0.3 is 0 Å².